The highest BCUT2D eigenvalue weighted by Gasteiger charge is 2.58. The molecular weight excluding hydrogens is 412 g/mol. The maximum atomic E-state index is 9.83. The van der Waals surface area contributed by atoms with Gasteiger partial charge in [0.25, 0.3) is 0 Å². The Kier molecular flexibility index (Phi) is 5.05. The summed E-state index contributed by atoms with van der Waals surface area (Å²) >= 11 is 3.44. The van der Waals surface area contributed by atoms with Crippen molar-refractivity contribution in [1.82, 2.24) is 0 Å². The van der Waals surface area contributed by atoms with Crippen LogP contribution in [0.5, 0.6) is 0 Å². The molecule has 2 aromatic heterocycles. The lowest BCUT2D eigenvalue weighted by Crippen LogP contribution is -2.53. The molecule has 160 valence electrons. The van der Waals surface area contributed by atoms with Gasteiger partial charge in [0.2, 0.25) is 0 Å². The van der Waals surface area contributed by atoms with Crippen LogP contribution in [0.15, 0.2) is 34.6 Å². The van der Waals surface area contributed by atoms with Crippen molar-refractivity contribution in [3.8, 4) is 0 Å². The van der Waals surface area contributed by atoms with Gasteiger partial charge >= 0.3 is 0 Å². The summed E-state index contributed by atoms with van der Waals surface area (Å²) in [5.41, 5.74) is 2.15. The van der Waals surface area contributed by atoms with Crippen LogP contribution in [0.1, 0.15) is 70.9 Å². The molecule has 0 atom stereocenters. The molecule has 2 heterocycles. The summed E-state index contributed by atoms with van der Waals surface area (Å²) in [4.78, 5) is 4.71. The van der Waals surface area contributed by atoms with Crippen LogP contribution in [0, 0.1) is 36.5 Å². The zero-order valence-electron chi connectivity index (χ0n) is 17.7. The predicted molar refractivity (Wildman–Crippen MR) is 124 cm³/mol. The summed E-state index contributed by atoms with van der Waals surface area (Å²) in [6, 6.07) is 8.42. The molecule has 0 amide bonds. The van der Waals surface area contributed by atoms with Gasteiger partial charge in [0.15, 0.2) is 0 Å². The van der Waals surface area contributed by atoms with Gasteiger partial charge in [0.05, 0.1) is 21.2 Å². The van der Waals surface area contributed by atoms with Gasteiger partial charge in [0.1, 0.15) is 0 Å². The minimum Gasteiger partial charge on any atom is -0.411 e. The van der Waals surface area contributed by atoms with Gasteiger partial charge in [-0.15, -0.1) is 22.7 Å². The van der Waals surface area contributed by atoms with Crippen molar-refractivity contribution >= 4 is 34.1 Å². The largest absolute Gasteiger partial charge is 0.411 e. The Morgan fingerprint density at radius 1 is 0.833 bits per heavy atom. The van der Waals surface area contributed by atoms with E-state index in [1.807, 2.05) is 0 Å². The molecule has 4 fully saturated rings. The van der Waals surface area contributed by atoms with E-state index in [0.29, 0.717) is 0 Å². The number of rotatable bonds is 6. The second-order valence-electron chi connectivity index (χ2n) is 10.2. The molecule has 6 heteroatoms. The summed E-state index contributed by atoms with van der Waals surface area (Å²) in [6.07, 6.45) is 9.22. The highest BCUT2D eigenvalue weighted by atomic mass is 32.1. The minimum absolute atomic E-state index is 0.218. The molecule has 0 saturated heterocycles. The lowest BCUT2D eigenvalue weighted by Gasteiger charge is -2.62. The van der Waals surface area contributed by atoms with Crippen LogP contribution in [0.2, 0.25) is 0 Å². The number of thiophene rings is 2. The van der Waals surface area contributed by atoms with Crippen LogP contribution < -0.4 is 0 Å². The quantitative estimate of drug-likeness (QED) is 0.292. The fourth-order valence-electron chi connectivity index (χ4n) is 7.30. The number of hydrogen-bond donors (Lipinski definition) is 2. The summed E-state index contributed by atoms with van der Waals surface area (Å²) in [7, 11) is 0. The van der Waals surface area contributed by atoms with E-state index in [2.05, 4.69) is 48.4 Å². The molecular formula is C24H30N2O2S2. The van der Waals surface area contributed by atoms with Crippen LogP contribution in [0.25, 0.3) is 0 Å². The molecule has 4 saturated carbocycles. The normalized spacial score (nSPS) is 33.4. The van der Waals surface area contributed by atoms with E-state index in [4.69, 9.17) is 0 Å². The van der Waals surface area contributed by atoms with E-state index in [-0.39, 0.29) is 10.8 Å². The Bertz CT molecular complexity index is 912. The Morgan fingerprint density at radius 2 is 1.27 bits per heavy atom. The van der Waals surface area contributed by atoms with Crippen LogP contribution in [-0.2, 0) is 0 Å². The van der Waals surface area contributed by atoms with Gasteiger partial charge < -0.3 is 10.4 Å². The van der Waals surface area contributed by atoms with Gasteiger partial charge in [-0.25, -0.2) is 0 Å². The van der Waals surface area contributed by atoms with E-state index >= 15 is 0 Å². The van der Waals surface area contributed by atoms with Crippen molar-refractivity contribution in [2.75, 3.05) is 0 Å². The maximum absolute atomic E-state index is 9.83. The van der Waals surface area contributed by atoms with Gasteiger partial charge in [-0.1, -0.05) is 10.3 Å². The fraction of sp³-hybridized carbons (Fsp3) is 0.583. The van der Waals surface area contributed by atoms with Gasteiger partial charge in [-0.3, -0.25) is 0 Å². The molecule has 4 aliphatic rings. The Hall–Kier alpha value is -1.66. The highest BCUT2D eigenvalue weighted by molar-refractivity contribution is 7.14. The standard InChI is InChI=1S/C24H30N2O2S2/c1-15-3-5-21(29-15)19(25-27)12-23-8-17-7-18(9-23)11-24(10-17,14-23)13-20(26-28)22-6-4-16(2)30-22/h3-6,17-18,27-28H,7-14H2,1-2H3/b25-19-,26-20-. The Balaban J connectivity index is 1.42. The van der Waals surface area contributed by atoms with E-state index in [0.717, 1.165) is 52.3 Å². The summed E-state index contributed by atoms with van der Waals surface area (Å²) in [6.45, 7) is 4.20. The number of hydrogen-bond acceptors (Lipinski definition) is 6. The van der Waals surface area contributed by atoms with Crippen LogP contribution in [-0.4, -0.2) is 21.8 Å². The van der Waals surface area contributed by atoms with Gasteiger partial charge in [-0.2, -0.15) is 0 Å². The molecule has 0 aromatic carbocycles. The maximum Gasteiger partial charge on any atom is 0.0972 e. The first-order valence-corrected chi connectivity index (χ1v) is 12.6. The second-order valence-corrected chi connectivity index (χ2v) is 12.8. The average Bonchev–Trinajstić information content (AvgIpc) is 3.31. The molecule has 4 nitrogen and oxygen atoms in total. The van der Waals surface area contributed by atoms with Crippen LogP contribution >= 0.6 is 22.7 Å². The van der Waals surface area contributed by atoms with E-state index in [9.17, 15) is 10.4 Å². The van der Waals surface area contributed by atoms with E-state index in [1.54, 1.807) is 22.7 Å². The molecule has 4 bridgehead atoms. The second kappa shape index (κ2) is 7.49. The first kappa shape index (κ1) is 20.3. The van der Waals surface area contributed by atoms with Crippen molar-refractivity contribution in [3.05, 3.63) is 43.8 Å². The molecule has 2 N–H and O–H groups in total. The van der Waals surface area contributed by atoms with Crippen molar-refractivity contribution in [2.45, 2.75) is 65.2 Å². The molecule has 30 heavy (non-hydrogen) atoms. The Morgan fingerprint density at radius 3 is 1.60 bits per heavy atom. The summed E-state index contributed by atoms with van der Waals surface area (Å²) < 4.78 is 0. The minimum atomic E-state index is 0.218. The molecule has 0 unspecified atom stereocenters. The number of oxime groups is 2. The highest BCUT2D eigenvalue weighted by Crippen LogP contribution is 2.67. The molecule has 0 aliphatic heterocycles. The number of nitrogens with zero attached hydrogens (tertiary/aromatic N) is 2. The molecule has 0 spiro atoms. The zero-order valence-corrected chi connectivity index (χ0v) is 19.4. The first-order chi connectivity index (χ1) is 14.4. The first-order valence-electron chi connectivity index (χ1n) is 11.0. The van der Waals surface area contributed by atoms with Crippen molar-refractivity contribution in [1.29, 1.82) is 0 Å². The van der Waals surface area contributed by atoms with E-state index in [1.165, 1.54) is 41.9 Å². The third kappa shape index (κ3) is 3.62. The lowest BCUT2D eigenvalue weighted by atomic mass is 9.42. The number of aryl methyl sites for hydroxylation is 2. The van der Waals surface area contributed by atoms with Crippen LogP contribution in [0.4, 0.5) is 0 Å². The zero-order chi connectivity index (χ0) is 20.9. The van der Waals surface area contributed by atoms with Crippen molar-refractivity contribution in [2.24, 2.45) is 33.0 Å². The summed E-state index contributed by atoms with van der Waals surface area (Å²) in [5.74, 6) is 1.50. The third-order valence-corrected chi connectivity index (χ3v) is 9.78. The molecule has 0 radical (unpaired) electrons. The smallest absolute Gasteiger partial charge is 0.0972 e. The predicted octanol–water partition coefficient (Wildman–Crippen LogP) is 6.85. The van der Waals surface area contributed by atoms with Crippen molar-refractivity contribution in [3.63, 3.8) is 0 Å². The SMILES string of the molecule is Cc1ccc(/C(CC23CC4CC(C2)CC(C/C(=N/O)c2ccc(C)s2)(C4)C3)=N\O)s1. The third-order valence-electron chi connectivity index (χ3n) is 7.68. The molecule has 4 aliphatic carbocycles. The fourth-order valence-corrected chi connectivity index (χ4v) is 9.00. The van der Waals surface area contributed by atoms with Crippen molar-refractivity contribution < 1.29 is 10.4 Å². The molecule has 6 rings (SSSR count). The van der Waals surface area contributed by atoms with Crippen LogP contribution in [0.3, 0.4) is 0 Å². The van der Waals surface area contributed by atoms with Gasteiger partial charge in [-0.05, 0) is 99.3 Å². The topological polar surface area (TPSA) is 65.2 Å². The van der Waals surface area contributed by atoms with Gasteiger partial charge in [0, 0.05) is 22.6 Å². The summed E-state index contributed by atoms with van der Waals surface area (Å²) in [5, 5.41) is 27.2. The Labute approximate surface area is 186 Å². The lowest BCUT2D eigenvalue weighted by molar-refractivity contribution is -0.103. The molecule has 2 aromatic rings. The monoisotopic (exact) mass is 442 g/mol. The van der Waals surface area contributed by atoms with E-state index < -0.39 is 0 Å². The average molecular weight is 443 g/mol.